The second kappa shape index (κ2) is 7.57. The number of amides is 4. The Morgan fingerprint density at radius 1 is 1.07 bits per heavy atom. The van der Waals surface area contributed by atoms with E-state index in [9.17, 15) is 18.8 Å². The second-order valence-corrected chi connectivity index (χ2v) is 6.46. The molecule has 6 nitrogen and oxygen atoms in total. The molecule has 0 bridgehead atoms. The zero-order valence-corrected chi connectivity index (χ0v) is 15.1. The van der Waals surface area contributed by atoms with Crippen molar-refractivity contribution in [1.29, 1.82) is 0 Å². The number of urea groups is 1. The van der Waals surface area contributed by atoms with Gasteiger partial charge < -0.3 is 4.90 Å². The van der Waals surface area contributed by atoms with Crippen molar-refractivity contribution < 1.29 is 18.8 Å². The Morgan fingerprint density at radius 2 is 1.70 bits per heavy atom. The van der Waals surface area contributed by atoms with Gasteiger partial charge in [0, 0.05) is 19.3 Å². The first-order valence-electron chi connectivity index (χ1n) is 8.56. The molecule has 0 N–H and O–H groups in total. The molecule has 3 rings (SSSR count). The van der Waals surface area contributed by atoms with Crippen molar-refractivity contribution in [2.75, 3.05) is 18.5 Å². The summed E-state index contributed by atoms with van der Waals surface area (Å²) < 4.78 is 13.1. The average Bonchev–Trinajstić information content (AvgIpc) is 2.87. The van der Waals surface area contributed by atoms with Crippen molar-refractivity contribution in [2.24, 2.45) is 0 Å². The van der Waals surface area contributed by atoms with Crippen molar-refractivity contribution in [3.05, 3.63) is 66.0 Å². The van der Waals surface area contributed by atoms with Gasteiger partial charge in [-0.15, -0.1) is 0 Å². The van der Waals surface area contributed by atoms with Crippen LogP contribution >= 0.6 is 0 Å². The van der Waals surface area contributed by atoms with E-state index in [2.05, 4.69) is 0 Å². The summed E-state index contributed by atoms with van der Waals surface area (Å²) >= 11 is 0. The summed E-state index contributed by atoms with van der Waals surface area (Å²) in [4.78, 5) is 41.4. The molecule has 0 aromatic heterocycles. The van der Waals surface area contributed by atoms with Gasteiger partial charge in [0.2, 0.25) is 5.91 Å². The Balaban J connectivity index is 1.71. The van der Waals surface area contributed by atoms with Gasteiger partial charge in [0.05, 0.1) is 0 Å². The van der Waals surface area contributed by atoms with Crippen LogP contribution in [0.2, 0.25) is 0 Å². The van der Waals surface area contributed by atoms with Crippen LogP contribution in [0.5, 0.6) is 0 Å². The molecule has 7 heteroatoms. The summed E-state index contributed by atoms with van der Waals surface area (Å²) in [7, 11) is 1.63. The molecule has 140 valence electrons. The molecule has 0 aliphatic carbocycles. The third kappa shape index (κ3) is 3.81. The van der Waals surface area contributed by atoms with E-state index in [-0.39, 0.29) is 12.5 Å². The number of halogens is 1. The highest BCUT2D eigenvalue weighted by Gasteiger charge is 2.44. The molecule has 4 amide bonds. The molecule has 2 aromatic carbocycles. The maximum atomic E-state index is 13.1. The van der Waals surface area contributed by atoms with Crippen LogP contribution in [0.4, 0.5) is 14.9 Å². The molecule has 1 fully saturated rings. The average molecular weight is 369 g/mol. The van der Waals surface area contributed by atoms with Crippen molar-refractivity contribution in [2.45, 2.75) is 19.5 Å². The molecule has 1 heterocycles. The van der Waals surface area contributed by atoms with E-state index in [1.54, 1.807) is 14.0 Å². The minimum absolute atomic E-state index is 0.330. The summed E-state index contributed by atoms with van der Waals surface area (Å²) in [6.45, 7) is 1.64. The quantitative estimate of drug-likeness (QED) is 0.762. The zero-order valence-electron chi connectivity index (χ0n) is 15.1. The molecule has 0 spiro atoms. The van der Waals surface area contributed by atoms with E-state index < -0.39 is 23.8 Å². The van der Waals surface area contributed by atoms with Gasteiger partial charge in [-0.25, -0.2) is 9.18 Å². The molecule has 1 aliphatic heterocycles. The molecule has 1 aliphatic rings. The van der Waals surface area contributed by atoms with Crippen molar-refractivity contribution in [1.82, 2.24) is 9.80 Å². The number of hydrogen-bond acceptors (Lipinski definition) is 3. The lowest BCUT2D eigenvalue weighted by atomic mass is 10.2. The van der Waals surface area contributed by atoms with E-state index in [1.165, 1.54) is 34.1 Å². The van der Waals surface area contributed by atoms with E-state index in [0.29, 0.717) is 12.2 Å². The molecule has 1 atom stereocenters. The summed E-state index contributed by atoms with van der Waals surface area (Å²) in [5, 5.41) is 0. The predicted octanol–water partition coefficient (Wildman–Crippen LogP) is 2.64. The minimum Gasteiger partial charge on any atom is -0.340 e. The second-order valence-electron chi connectivity index (χ2n) is 6.46. The van der Waals surface area contributed by atoms with Crippen LogP contribution in [0.1, 0.15) is 12.5 Å². The maximum Gasteiger partial charge on any atom is 0.332 e. The smallest absolute Gasteiger partial charge is 0.332 e. The molecule has 1 saturated heterocycles. The number of nitrogens with zero attached hydrogens (tertiary/aromatic N) is 3. The van der Waals surface area contributed by atoms with Crippen molar-refractivity contribution in [3.63, 3.8) is 0 Å². The number of rotatable bonds is 5. The van der Waals surface area contributed by atoms with Crippen LogP contribution in [0.15, 0.2) is 54.6 Å². The molecular weight excluding hydrogens is 349 g/mol. The van der Waals surface area contributed by atoms with Gasteiger partial charge >= 0.3 is 6.03 Å². The number of likely N-dealkylation sites (N-methyl/N-ethyl adjacent to an activating group) is 1. The summed E-state index contributed by atoms with van der Waals surface area (Å²) in [6, 6.07) is 13.4. The number of imide groups is 1. The highest BCUT2D eigenvalue weighted by molar-refractivity contribution is 6.15. The van der Waals surface area contributed by atoms with E-state index in [4.69, 9.17) is 0 Å². The fourth-order valence-electron chi connectivity index (χ4n) is 3.01. The largest absolute Gasteiger partial charge is 0.340 e. The predicted molar refractivity (Wildman–Crippen MR) is 98.4 cm³/mol. The molecular formula is C20H20FN3O3. The van der Waals surface area contributed by atoms with E-state index >= 15 is 0 Å². The summed E-state index contributed by atoms with van der Waals surface area (Å²) in [6.07, 6.45) is 0. The summed E-state index contributed by atoms with van der Waals surface area (Å²) in [5.74, 6) is -1.22. The minimum atomic E-state index is -0.754. The Labute approximate surface area is 156 Å². The molecule has 0 saturated carbocycles. The van der Waals surface area contributed by atoms with Crippen LogP contribution in [-0.4, -0.2) is 47.3 Å². The zero-order chi connectivity index (χ0) is 19.6. The monoisotopic (exact) mass is 369 g/mol. The van der Waals surface area contributed by atoms with Gasteiger partial charge in [-0.3, -0.25) is 19.4 Å². The summed E-state index contributed by atoms with van der Waals surface area (Å²) in [5.41, 5.74) is 1.36. The van der Waals surface area contributed by atoms with E-state index in [1.807, 2.05) is 30.3 Å². The van der Waals surface area contributed by atoms with Gasteiger partial charge in [-0.1, -0.05) is 30.3 Å². The van der Waals surface area contributed by atoms with Crippen LogP contribution in [0.3, 0.4) is 0 Å². The van der Waals surface area contributed by atoms with Gasteiger partial charge in [0.15, 0.2) is 0 Å². The van der Waals surface area contributed by atoms with Crippen molar-refractivity contribution in [3.8, 4) is 0 Å². The van der Waals surface area contributed by atoms with Gasteiger partial charge in [0.1, 0.15) is 18.4 Å². The topological polar surface area (TPSA) is 60.9 Å². The van der Waals surface area contributed by atoms with Crippen LogP contribution in [-0.2, 0) is 16.1 Å². The molecule has 27 heavy (non-hydrogen) atoms. The fourth-order valence-corrected chi connectivity index (χ4v) is 3.01. The highest BCUT2D eigenvalue weighted by Crippen LogP contribution is 2.26. The lowest BCUT2D eigenvalue weighted by Gasteiger charge is -2.21. The van der Waals surface area contributed by atoms with Gasteiger partial charge in [0.25, 0.3) is 5.91 Å². The number of carbonyl (C=O) groups excluding carboxylic acids is 3. The first-order chi connectivity index (χ1) is 12.9. The molecule has 1 unspecified atom stereocenters. The van der Waals surface area contributed by atoms with E-state index in [0.717, 1.165) is 10.5 Å². The first-order valence-corrected chi connectivity index (χ1v) is 8.56. The lowest BCUT2D eigenvalue weighted by molar-refractivity contribution is -0.136. The Hall–Kier alpha value is -3.22. The first kappa shape index (κ1) is 18.6. The normalized spacial score (nSPS) is 16.8. The van der Waals surface area contributed by atoms with Gasteiger partial charge in [-0.05, 0) is 36.8 Å². The third-order valence-electron chi connectivity index (χ3n) is 4.53. The Morgan fingerprint density at radius 3 is 2.33 bits per heavy atom. The maximum absolute atomic E-state index is 13.1. The SMILES string of the molecule is CC1C(=O)N(CC(=O)N(C)Cc2ccccc2)C(=O)N1c1ccc(F)cc1. The fraction of sp³-hybridized carbons (Fsp3) is 0.250. The number of benzene rings is 2. The highest BCUT2D eigenvalue weighted by atomic mass is 19.1. The number of carbonyl (C=O) groups is 3. The molecule has 0 radical (unpaired) electrons. The van der Waals surface area contributed by atoms with Crippen LogP contribution in [0.25, 0.3) is 0 Å². The number of hydrogen-bond donors (Lipinski definition) is 0. The lowest BCUT2D eigenvalue weighted by Crippen LogP contribution is -2.42. The van der Waals surface area contributed by atoms with Crippen LogP contribution < -0.4 is 4.90 Å². The van der Waals surface area contributed by atoms with Crippen LogP contribution in [0, 0.1) is 5.82 Å². The van der Waals surface area contributed by atoms with Gasteiger partial charge in [-0.2, -0.15) is 0 Å². The Bertz CT molecular complexity index is 855. The standard InChI is InChI=1S/C20H20FN3O3/c1-14-19(26)23(20(27)24(14)17-10-8-16(21)9-11-17)13-18(25)22(2)12-15-6-4-3-5-7-15/h3-11,14H,12-13H2,1-2H3. The number of anilines is 1. The third-order valence-corrected chi connectivity index (χ3v) is 4.53. The molecule has 2 aromatic rings. The Kier molecular flexibility index (Phi) is 5.21. The van der Waals surface area contributed by atoms with Crippen molar-refractivity contribution >= 4 is 23.5 Å².